The lowest BCUT2D eigenvalue weighted by Gasteiger charge is -2.38. The molecule has 0 atom stereocenters. The van der Waals surface area contributed by atoms with Crippen LogP contribution >= 0.6 is 0 Å². The molecule has 1 aliphatic heterocycles. The number of aryl methyl sites for hydroxylation is 2. The first kappa shape index (κ1) is 23.1. The molecule has 9 heteroatoms. The number of nitrogens with one attached hydrogen (secondary N) is 1. The number of nitrogens with zero attached hydrogens (tertiary/aromatic N) is 7. The van der Waals surface area contributed by atoms with E-state index in [9.17, 15) is 0 Å². The lowest BCUT2D eigenvalue weighted by Crippen LogP contribution is -2.44. The minimum Gasteiger partial charge on any atom is -0.397 e. The van der Waals surface area contributed by atoms with Crippen LogP contribution in [0, 0.1) is 0 Å². The molecule has 0 spiro atoms. The van der Waals surface area contributed by atoms with Crippen LogP contribution in [-0.4, -0.2) is 63.4 Å². The van der Waals surface area contributed by atoms with Gasteiger partial charge in [0, 0.05) is 70.6 Å². The molecule has 0 saturated carbocycles. The van der Waals surface area contributed by atoms with Gasteiger partial charge in [-0.2, -0.15) is 0 Å². The number of fused-ring (bicyclic) bond motifs is 1. The number of rotatable bonds is 14. The Hall–Kier alpha value is -3.07. The summed E-state index contributed by atoms with van der Waals surface area (Å²) in [6.45, 7) is 8.04. The molecule has 0 bridgehead atoms. The fourth-order valence-electron chi connectivity index (χ4n) is 4.37. The van der Waals surface area contributed by atoms with Gasteiger partial charge in [0.25, 0.3) is 0 Å². The van der Waals surface area contributed by atoms with Crippen LogP contribution in [-0.2, 0) is 13.1 Å². The van der Waals surface area contributed by atoms with E-state index in [2.05, 4.69) is 40.3 Å². The zero-order valence-corrected chi connectivity index (χ0v) is 19.5. The molecule has 9 nitrogen and oxygen atoms in total. The van der Waals surface area contributed by atoms with Crippen LogP contribution in [0.4, 0.5) is 17.2 Å². The Labute approximate surface area is 196 Å². The number of unbranched alkanes of at least 4 members (excludes halogenated alkanes) is 3. The maximum absolute atomic E-state index is 6.09. The summed E-state index contributed by atoms with van der Waals surface area (Å²) in [6.07, 6.45) is 19.2. The van der Waals surface area contributed by atoms with Gasteiger partial charge in [-0.15, -0.1) is 0 Å². The zero-order valence-electron chi connectivity index (χ0n) is 19.5. The van der Waals surface area contributed by atoms with Crippen molar-refractivity contribution in [2.45, 2.75) is 45.2 Å². The minimum absolute atomic E-state index is 0.735. The Morgan fingerprint density at radius 3 is 2.21 bits per heavy atom. The highest BCUT2D eigenvalue weighted by Crippen LogP contribution is 2.32. The molecule has 0 fully saturated rings. The molecule has 0 radical (unpaired) electrons. The Morgan fingerprint density at radius 2 is 1.48 bits per heavy atom. The maximum Gasteiger partial charge on any atom is 0.152 e. The van der Waals surface area contributed by atoms with Gasteiger partial charge in [0.2, 0.25) is 0 Å². The van der Waals surface area contributed by atoms with Crippen LogP contribution in [0.15, 0.2) is 49.7 Å². The summed E-state index contributed by atoms with van der Waals surface area (Å²) in [5, 5.41) is 3.57. The van der Waals surface area contributed by atoms with Gasteiger partial charge in [0.15, 0.2) is 5.82 Å². The fourth-order valence-corrected chi connectivity index (χ4v) is 4.37. The third kappa shape index (κ3) is 6.95. The quantitative estimate of drug-likeness (QED) is 0.364. The van der Waals surface area contributed by atoms with E-state index < -0.39 is 0 Å². The summed E-state index contributed by atoms with van der Waals surface area (Å²) in [5.41, 5.74) is 8.01. The van der Waals surface area contributed by atoms with Crippen LogP contribution < -0.4 is 20.9 Å². The molecule has 4 rings (SSSR count). The molecule has 3 N–H and O–H groups in total. The van der Waals surface area contributed by atoms with Gasteiger partial charge in [0.1, 0.15) is 0 Å². The van der Waals surface area contributed by atoms with Gasteiger partial charge in [-0.3, -0.25) is 0 Å². The average molecular weight is 452 g/mol. The lowest BCUT2D eigenvalue weighted by molar-refractivity contribution is 0.558. The number of hydrogen-bond donors (Lipinski definition) is 2. The number of nitrogen functional groups attached to an aromatic ring is 1. The highest BCUT2D eigenvalue weighted by molar-refractivity contribution is 5.72. The summed E-state index contributed by atoms with van der Waals surface area (Å²) in [6, 6.07) is 2.09. The van der Waals surface area contributed by atoms with E-state index in [0.29, 0.717) is 0 Å². The van der Waals surface area contributed by atoms with Gasteiger partial charge in [-0.25, -0.2) is 15.0 Å². The van der Waals surface area contributed by atoms with Gasteiger partial charge in [-0.05, 0) is 31.9 Å². The smallest absolute Gasteiger partial charge is 0.152 e. The third-order valence-electron chi connectivity index (χ3n) is 6.19. The van der Waals surface area contributed by atoms with Crippen LogP contribution in [0.3, 0.4) is 0 Å². The largest absolute Gasteiger partial charge is 0.397 e. The molecule has 3 aromatic heterocycles. The first-order chi connectivity index (χ1) is 16.3. The van der Waals surface area contributed by atoms with Crippen molar-refractivity contribution in [3.8, 4) is 0 Å². The molecule has 0 saturated heterocycles. The topological polar surface area (TPSA) is 93.1 Å². The summed E-state index contributed by atoms with van der Waals surface area (Å²) < 4.78 is 4.27. The highest BCUT2D eigenvalue weighted by Gasteiger charge is 2.23. The molecule has 178 valence electrons. The number of aromatic nitrogens is 5. The van der Waals surface area contributed by atoms with Crippen LogP contribution in [0.2, 0.25) is 0 Å². The van der Waals surface area contributed by atoms with Crippen molar-refractivity contribution in [3.63, 3.8) is 0 Å². The second kappa shape index (κ2) is 12.2. The van der Waals surface area contributed by atoms with Crippen molar-refractivity contribution >= 4 is 17.2 Å². The van der Waals surface area contributed by atoms with Crippen molar-refractivity contribution in [1.82, 2.24) is 29.4 Å². The highest BCUT2D eigenvalue weighted by atomic mass is 15.3. The number of imidazole rings is 2. The van der Waals surface area contributed by atoms with Gasteiger partial charge in [-0.1, -0.05) is 12.8 Å². The molecule has 3 aromatic rings. The third-order valence-corrected chi connectivity index (χ3v) is 6.19. The Balaban J connectivity index is 1.18. The van der Waals surface area contributed by atoms with E-state index in [1.807, 2.05) is 37.4 Å². The summed E-state index contributed by atoms with van der Waals surface area (Å²) in [5.74, 6) is 1.07. The minimum atomic E-state index is 0.735. The fraction of sp³-hybridized carbons (Fsp3) is 0.542. The van der Waals surface area contributed by atoms with Gasteiger partial charge >= 0.3 is 0 Å². The van der Waals surface area contributed by atoms with Crippen molar-refractivity contribution in [3.05, 3.63) is 49.7 Å². The summed E-state index contributed by atoms with van der Waals surface area (Å²) in [7, 11) is 0. The lowest BCUT2D eigenvalue weighted by atomic mass is 10.1. The number of pyridine rings is 1. The van der Waals surface area contributed by atoms with Gasteiger partial charge < -0.3 is 30.0 Å². The first-order valence-electron chi connectivity index (χ1n) is 12.2. The second-order valence-corrected chi connectivity index (χ2v) is 8.70. The van der Waals surface area contributed by atoms with Crippen molar-refractivity contribution in [2.24, 2.45) is 0 Å². The number of anilines is 3. The van der Waals surface area contributed by atoms with E-state index in [1.54, 1.807) is 6.20 Å². The summed E-state index contributed by atoms with van der Waals surface area (Å²) >= 11 is 0. The van der Waals surface area contributed by atoms with Crippen LogP contribution in [0.25, 0.3) is 0 Å². The van der Waals surface area contributed by atoms with E-state index in [-0.39, 0.29) is 0 Å². The normalized spacial score (nSPS) is 13.5. The second-order valence-electron chi connectivity index (χ2n) is 8.70. The molecule has 0 aliphatic carbocycles. The van der Waals surface area contributed by atoms with Gasteiger partial charge in [0.05, 0.1) is 30.2 Å². The molecular formula is C24H37N9. The predicted molar refractivity (Wildman–Crippen MR) is 133 cm³/mol. The molecular weight excluding hydrogens is 414 g/mol. The van der Waals surface area contributed by atoms with Crippen LogP contribution in [0.1, 0.15) is 32.1 Å². The van der Waals surface area contributed by atoms with Crippen LogP contribution in [0.5, 0.6) is 0 Å². The average Bonchev–Trinajstić information content (AvgIpc) is 3.53. The van der Waals surface area contributed by atoms with E-state index in [1.165, 1.54) is 31.4 Å². The molecule has 0 amide bonds. The first-order valence-corrected chi connectivity index (χ1v) is 12.2. The van der Waals surface area contributed by atoms with E-state index in [0.717, 1.165) is 70.3 Å². The molecule has 0 aromatic carbocycles. The maximum atomic E-state index is 6.09. The van der Waals surface area contributed by atoms with Crippen molar-refractivity contribution in [1.29, 1.82) is 0 Å². The molecule has 1 aliphatic rings. The van der Waals surface area contributed by atoms with E-state index >= 15 is 0 Å². The SMILES string of the molecule is Nc1cnc2c(c1)N(CCCCCCn1ccnc1)CCN2CCNCCCn1ccnc1. The predicted octanol–water partition coefficient (Wildman–Crippen LogP) is 2.62. The van der Waals surface area contributed by atoms with Crippen molar-refractivity contribution in [2.75, 3.05) is 54.8 Å². The molecule has 33 heavy (non-hydrogen) atoms. The Kier molecular flexibility index (Phi) is 8.57. The standard InChI is InChI=1S/C24H37N9/c25-22-18-23-24(29-19-22)33(15-9-26-6-5-11-31-14-8-28-21-31)17-16-32(23)12-4-2-1-3-10-30-13-7-27-20-30/h7-8,13-14,18-21,26H,1-6,9-12,15-17,25H2. The van der Waals surface area contributed by atoms with E-state index in [4.69, 9.17) is 10.7 Å². The molecule has 4 heterocycles. The number of hydrogen-bond acceptors (Lipinski definition) is 7. The Bertz CT molecular complexity index is 924. The summed E-state index contributed by atoms with van der Waals surface area (Å²) in [4.78, 5) is 17.7. The van der Waals surface area contributed by atoms with Crippen molar-refractivity contribution < 1.29 is 0 Å². The zero-order chi connectivity index (χ0) is 22.7. The Morgan fingerprint density at radius 1 is 0.788 bits per heavy atom. The molecule has 0 unspecified atom stereocenters. The monoisotopic (exact) mass is 451 g/mol. The number of nitrogens with two attached hydrogens (primary N) is 1.